The summed E-state index contributed by atoms with van der Waals surface area (Å²) in [6, 6.07) is 9.51. The van der Waals surface area contributed by atoms with Crippen LogP contribution >= 0.6 is 11.3 Å². The molecule has 0 saturated carbocycles. The lowest BCUT2D eigenvalue weighted by Gasteiger charge is -2.25. The van der Waals surface area contributed by atoms with Crippen molar-refractivity contribution in [3.63, 3.8) is 0 Å². The molecule has 3 rings (SSSR count). The molecule has 0 N–H and O–H groups in total. The molecule has 0 spiro atoms. The Bertz CT molecular complexity index is 633. The first-order valence-electron chi connectivity index (χ1n) is 8.32. The third-order valence-corrected chi connectivity index (χ3v) is 4.81. The molecule has 5 nitrogen and oxygen atoms in total. The molecule has 1 fully saturated rings. The number of rotatable bonds is 5. The van der Waals surface area contributed by atoms with E-state index < -0.39 is 6.10 Å². The molecule has 1 aliphatic heterocycles. The number of para-hydroxylation sites is 1. The van der Waals surface area contributed by atoms with Gasteiger partial charge in [0, 0.05) is 38.1 Å². The normalized spacial score (nSPS) is 17.3. The Hall–Kier alpha value is -1.92. The second-order valence-electron chi connectivity index (χ2n) is 6.01. The third kappa shape index (κ3) is 4.55. The average molecular weight is 345 g/mol. The van der Waals surface area contributed by atoms with Crippen molar-refractivity contribution in [1.82, 2.24) is 14.8 Å². The quantitative estimate of drug-likeness (QED) is 0.836. The van der Waals surface area contributed by atoms with Crippen LogP contribution in [-0.4, -0.2) is 53.0 Å². The van der Waals surface area contributed by atoms with Gasteiger partial charge in [-0.1, -0.05) is 18.2 Å². The van der Waals surface area contributed by atoms with Crippen LogP contribution in [0.15, 0.2) is 41.2 Å². The predicted molar refractivity (Wildman–Crippen MR) is 95.1 cm³/mol. The molecular weight excluding hydrogens is 322 g/mol. The Balaban J connectivity index is 1.52. The maximum atomic E-state index is 12.7. The Kier molecular flexibility index (Phi) is 5.82. The van der Waals surface area contributed by atoms with Crippen LogP contribution in [0.4, 0.5) is 0 Å². The number of hydrogen-bond donors (Lipinski definition) is 0. The first-order chi connectivity index (χ1) is 11.7. The van der Waals surface area contributed by atoms with Crippen molar-refractivity contribution < 1.29 is 9.53 Å². The summed E-state index contributed by atoms with van der Waals surface area (Å²) in [5, 5.41) is 2.09. The average Bonchev–Trinajstić information content (AvgIpc) is 2.99. The van der Waals surface area contributed by atoms with Gasteiger partial charge in [-0.15, -0.1) is 11.3 Å². The van der Waals surface area contributed by atoms with E-state index in [-0.39, 0.29) is 5.91 Å². The van der Waals surface area contributed by atoms with Crippen molar-refractivity contribution in [3.05, 3.63) is 46.9 Å². The first kappa shape index (κ1) is 16.9. The molecule has 24 heavy (non-hydrogen) atoms. The third-order valence-electron chi connectivity index (χ3n) is 4.17. The van der Waals surface area contributed by atoms with Crippen molar-refractivity contribution in [3.8, 4) is 5.75 Å². The van der Waals surface area contributed by atoms with Gasteiger partial charge in [-0.05, 0) is 25.5 Å². The summed E-state index contributed by atoms with van der Waals surface area (Å²) in [6.45, 7) is 6.09. The van der Waals surface area contributed by atoms with Crippen LogP contribution in [0.1, 0.15) is 19.0 Å². The lowest BCUT2D eigenvalue weighted by Crippen LogP contribution is -2.42. The summed E-state index contributed by atoms with van der Waals surface area (Å²) in [5.41, 5.74) is 2.98. The standard InChI is InChI=1S/C18H23N3O2S/c1-15(23-17-6-3-2-4-7-17)18(22)21-9-5-8-20(10-11-21)12-16-13-24-14-19-16/h2-4,6-7,13-15H,5,8-12H2,1H3. The van der Waals surface area contributed by atoms with Gasteiger partial charge in [0.1, 0.15) is 5.75 Å². The molecule has 1 saturated heterocycles. The van der Waals surface area contributed by atoms with Gasteiger partial charge < -0.3 is 9.64 Å². The maximum Gasteiger partial charge on any atom is 0.263 e. The smallest absolute Gasteiger partial charge is 0.263 e. The number of carbonyl (C=O) groups excluding carboxylic acids is 1. The molecule has 2 aromatic rings. The summed E-state index contributed by atoms with van der Waals surface area (Å²) >= 11 is 1.62. The van der Waals surface area contributed by atoms with E-state index in [9.17, 15) is 4.79 Å². The molecular formula is C18H23N3O2S. The van der Waals surface area contributed by atoms with Crippen molar-refractivity contribution in [2.45, 2.75) is 26.0 Å². The highest BCUT2D eigenvalue weighted by Crippen LogP contribution is 2.14. The highest BCUT2D eigenvalue weighted by atomic mass is 32.1. The summed E-state index contributed by atoms with van der Waals surface area (Å²) in [7, 11) is 0. The second kappa shape index (κ2) is 8.26. The minimum atomic E-state index is -0.461. The SMILES string of the molecule is CC(Oc1ccccc1)C(=O)N1CCCN(Cc2cscn2)CC1. The number of thiazole rings is 1. The molecule has 1 atom stereocenters. The van der Waals surface area contributed by atoms with Gasteiger partial charge in [-0.2, -0.15) is 0 Å². The van der Waals surface area contributed by atoms with E-state index in [1.807, 2.05) is 47.7 Å². The van der Waals surface area contributed by atoms with E-state index in [0.29, 0.717) is 0 Å². The largest absolute Gasteiger partial charge is 0.481 e. The minimum absolute atomic E-state index is 0.0642. The van der Waals surface area contributed by atoms with Crippen LogP contribution in [0.3, 0.4) is 0 Å². The van der Waals surface area contributed by atoms with Crippen molar-refractivity contribution in [1.29, 1.82) is 0 Å². The fourth-order valence-electron chi connectivity index (χ4n) is 2.90. The zero-order valence-corrected chi connectivity index (χ0v) is 14.7. The van der Waals surface area contributed by atoms with E-state index >= 15 is 0 Å². The number of hydrogen-bond acceptors (Lipinski definition) is 5. The first-order valence-corrected chi connectivity index (χ1v) is 9.26. The Morgan fingerprint density at radius 1 is 1.25 bits per heavy atom. The fraction of sp³-hybridized carbons (Fsp3) is 0.444. The van der Waals surface area contributed by atoms with Crippen molar-refractivity contribution in [2.75, 3.05) is 26.2 Å². The summed E-state index contributed by atoms with van der Waals surface area (Å²) in [4.78, 5) is 21.3. The van der Waals surface area contributed by atoms with Crippen molar-refractivity contribution in [2.24, 2.45) is 0 Å². The predicted octanol–water partition coefficient (Wildman–Crippen LogP) is 2.64. The van der Waals surface area contributed by atoms with Gasteiger partial charge in [0.05, 0.1) is 11.2 Å². The van der Waals surface area contributed by atoms with E-state index in [1.165, 1.54) is 0 Å². The molecule has 128 valence electrons. The van der Waals surface area contributed by atoms with Crippen molar-refractivity contribution >= 4 is 17.2 Å². The zero-order valence-electron chi connectivity index (χ0n) is 13.9. The van der Waals surface area contributed by atoms with E-state index in [4.69, 9.17) is 4.74 Å². The molecule has 0 aliphatic carbocycles. The molecule has 6 heteroatoms. The molecule has 1 amide bonds. The highest BCUT2D eigenvalue weighted by Gasteiger charge is 2.24. The molecule has 1 aromatic heterocycles. The van der Waals surface area contributed by atoms with Gasteiger partial charge in [-0.3, -0.25) is 9.69 Å². The van der Waals surface area contributed by atoms with Gasteiger partial charge >= 0.3 is 0 Å². The molecule has 0 radical (unpaired) electrons. The topological polar surface area (TPSA) is 45.7 Å². The number of carbonyl (C=O) groups is 1. The summed E-state index contributed by atoms with van der Waals surface area (Å²) < 4.78 is 5.77. The number of ether oxygens (including phenoxy) is 1. The number of amides is 1. The Labute approximate surface area is 146 Å². The monoisotopic (exact) mass is 345 g/mol. The number of nitrogens with zero attached hydrogens (tertiary/aromatic N) is 3. The minimum Gasteiger partial charge on any atom is -0.481 e. The van der Waals surface area contributed by atoms with Crippen LogP contribution in [-0.2, 0) is 11.3 Å². The van der Waals surface area contributed by atoms with Gasteiger partial charge in [-0.25, -0.2) is 4.98 Å². The molecule has 0 bridgehead atoms. The van der Waals surface area contributed by atoms with E-state index in [1.54, 1.807) is 11.3 Å². The molecule has 2 heterocycles. The van der Waals surface area contributed by atoms with Crippen LogP contribution in [0.5, 0.6) is 5.75 Å². The molecule has 1 aromatic carbocycles. The van der Waals surface area contributed by atoms with E-state index in [2.05, 4.69) is 15.3 Å². The zero-order chi connectivity index (χ0) is 16.8. The van der Waals surface area contributed by atoms with Crippen LogP contribution in [0.25, 0.3) is 0 Å². The lowest BCUT2D eigenvalue weighted by atomic mass is 10.3. The molecule has 1 aliphatic rings. The van der Waals surface area contributed by atoms with Gasteiger partial charge in [0.25, 0.3) is 5.91 Å². The number of benzene rings is 1. The lowest BCUT2D eigenvalue weighted by molar-refractivity contribution is -0.137. The Morgan fingerprint density at radius 2 is 2.08 bits per heavy atom. The van der Waals surface area contributed by atoms with Crippen LogP contribution < -0.4 is 4.74 Å². The highest BCUT2D eigenvalue weighted by molar-refractivity contribution is 7.07. The van der Waals surface area contributed by atoms with Crippen LogP contribution in [0.2, 0.25) is 0 Å². The molecule has 1 unspecified atom stereocenters. The maximum absolute atomic E-state index is 12.7. The summed E-state index contributed by atoms with van der Waals surface area (Å²) in [5.74, 6) is 0.799. The fourth-order valence-corrected chi connectivity index (χ4v) is 3.45. The second-order valence-corrected chi connectivity index (χ2v) is 6.73. The Morgan fingerprint density at radius 3 is 2.83 bits per heavy atom. The van der Waals surface area contributed by atoms with Gasteiger partial charge in [0.15, 0.2) is 6.10 Å². The van der Waals surface area contributed by atoms with E-state index in [0.717, 1.165) is 50.6 Å². The van der Waals surface area contributed by atoms with Crippen LogP contribution in [0, 0.1) is 0 Å². The number of aromatic nitrogens is 1. The van der Waals surface area contributed by atoms with Gasteiger partial charge in [0.2, 0.25) is 0 Å². The summed E-state index contributed by atoms with van der Waals surface area (Å²) in [6.07, 6.45) is 0.519.